The second-order valence-corrected chi connectivity index (χ2v) is 8.06. The van der Waals surface area contributed by atoms with Gasteiger partial charge in [-0.15, -0.1) is 11.8 Å². The Morgan fingerprint density at radius 3 is 2.68 bits per heavy atom. The van der Waals surface area contributed by atoms with Gasteiger partial charge in [-0.2, -0.15) is 0 Å². The van der Waals surface area contributed by atoms with Crippen LogP contribution in [0, 0.1) is 6.92 Å². The van der Waals surface area contributed by atoms with Crippen molar-refractivity contribution in [1.82, 2.24) is 0 Å². The minimum absolute atomic E-state index is 0.148. The molecule has 1 atom stereocenters. The Morgan fingerprint density at radius 2 is 1.93 bits per heavy atom. The Hall–Kier alpha value is -2.31. The Bertz CT molecular complexity index is 847. The molecule has 1 fully saturated rings. The average Bonchev–Trinajstić information content (AvgIpc) is 2.72. The molecule has 0 spiro atoms. The molecular weight excluding hydrogens is 372 g/mol. The SMILES string of the molecule is CCSc1ccccc1NC(=O)c1ccc(C)c(NC(=O)C2CCCCO2)c1. The zero-order valence-corrected chi connectivity index (χ0v) is 17.1. The van der Waals surface area contributed by atoms with Crippen molar-refractivity contribution in [3.63, 3.8) is 0 Å². The predicted molar refractivity (Wildman–Crippen MR) is 114 cm³/mol. The molecule has 0 aromatic heterocycles. The third kappa shape index (κ3) is 5.14. The lowest BCUT2D eigenvalue weighted by Crippen LogP contribution is -2.33. The Kier molecular flexibility index (Phi) is 7.12. The first-order valence-corrected chi connectivity index (χ1v) is 10.6. The summed E-state index contributed by atoms with van der Waals surface area (Å²) in [4.78, 5) is 26.3. The van der Waals surface area contributed by atoms with Crippen molar-refractivity contribution in [2.75, 3.05) is 23.0 Å². The predicted octanol–water partition coefficient (Wildman–Crippen LogP) is 4.87. The monoisotopic (exact) mass is 398 g/mol. The van der Waals surface area contributed by atoms with E-state index in [2.05, 4.69) is 17.6 Å². The van der Waals surface area contributed by atoms with E-state index in [4.69, 9.17) is 4.74 Å². The van der Waals surface area contributed by atoms with Gasteiger partial charge in [-0.3, -0.25) is 9.59 Å². The molecule has 1 aliphatic rings. The third-order valence-electron chi connectivity index (χ3n) is 4.66. The number of hydrogen-bond acceptors (Lipinski definition) is 4. The number of para-hydroxylation sites is 1. The molecule has 0 aliphatic carbocycles. The van der Waals surface area contributed by atoms with Crippen molar-refractivity contribution >= 4 is 35.0 Å². The fraction of sp³-hybridized carbons (Fsp3) is 0.364. The van der Waals surface area contributed by atoms with Crippen LogP contribution in [-0.4, -0.2) is 30.3 Å². The molecule has 3 rings (SSSR count). The van der Waals surface area contributed by atoms with Crippen LogP contribution in [-0.2, 0) is 9.53 Å². The minimum atomic E-state index is -0.413. The van der Waals surface area contributed by atoms with Crippen LogP contribution in [0.5, 0.6) is 0 Å². The highest BCUT2D eigenvalue weighted by Gasteiger charge is 2.22. The zero-order chi connectivity index (χ0) is 19.9. The van der Waals surface area contributed by atoms with Gasteiger partial charge in [0.15, 0.2) is 0 Å². The number of benzene rings is 2. The summed E-state index contributed by atoms with van der Waals surface area (Å²) in [6.07, 6.45) is 2.31. The summed E-state index contributed by atoms with van der Waals surface area (Å²) >= 11 is 1.68. The molecule has 1 unspecified atom stereocenters. The number of ether oxygens (including phenoxy) is 1. The number of aryl methyl sites for hydroxylation is 1. The van der Waals surface area contributed by atoms with Gasteiger partial charge in [-0.05, 0) is 61.8 Å². The van der Waals surface area contributed by atoms with Crippen LogP contribution in [0.25, 0.3) is 0 Å². The molecule has 2 aromatic carbocycles. The van der Waals surface area contributed by atoms with Crippen molar-refractivity contribution < 1.29 is 14.3 Å². The van der Waals surface area contributed by atoms with Gasteiger partial charge in [0.25, 0.3) is 11.8 Å². The van der Waals surface area contributed by atoms with Crippen molar-refractivity contribution in [3.8, 4) is 0 Å². The molecule has 0 saturated carbocycles. The minimum Gasteiger partial charge on any atom is -0.368 e. The smallest absolute Gasteiger partial charge is 0.255 e. The average molecular weight is 399 g/mol. The first-order valence-electron chi connectivity index (χ1n) is 9.64. The number of rotatable bonds is 6. The Morgan fingerprint density at radius 1 is 1.11 bits per heavy atom. The van der Waals surface area contributed by atoms with E-state index in [1.807, 2.05) is 37.3 Å². The number of thioether (sulfide) groups is 1. The van der Waals surface area contributed by atoms with Crippen molar-refractivity contribution in [3.05, 3.63) is 53.6 Å². The molecule has 2 aromatic rings. The number of amides is 2. The highest BCUT2D eigenvalue weighted by Crippen LogP contribution is 2.27. The van der Waals surface area contributed by atoms with Gasteiger partial charge < -0.3 is 15.4 Å². The van der Waals surface area contributed by atoms with Crippen molar-refractivity contribution in [2.24, 2.45) is 0 Å². The maximum Gasteiger partial charge on any atom is 0.255 e. The highest BCUT2D eigenvalue weighted by atomic mass is 32.2. The van der Waals surface area contributed by atoms with Crippen molar-refractivity contribution in [2.45, 2.75) is 44.1 Å². The maximum atomic E-state index is 12.8. The van der Waals surface area contributed by atoms with E-state index < -0.39 is 6.10 Å². The van der Waals surface area contributed by atoms with Crippen LogP contribution in [0.3, 0.4) is 0 Å². The summed E-state index contributed by atoms with van der Waals surface area (Å²) in [5, 5.41) is 5.90. The van der Waals surface area contributed by atoms with E-state index in [1.165, 1.54) is 0 Å². The van der Waals surface area contributed by atoms with Crippen molar-refractivity contribution in [1.29, 1.82) is 0 Å². The normalized spacial score (nSPS) is 16.4. The summed E-state index contributed by atoms with van der Waals surface area (Å²) in [5.41, 5.74) is 2.84. The first-order chi connectivity index (χ1) is 13.6. The van der Waals surface area contributed by atoms with Gasteiger partial charge in [-0.25, -0.2) is 0 Å². The molecule has 0 bridgehead atoms. The number of hydrogen-bond donors (Lipinski definition) is 2. The second kappa shape index (κ2) is 9.75. The van der Waals surface area contributed by atoms with Gasteiger partial charge in [0.05, 0.1) is 5.69 Å². The summed E-state index contributed by atoms with van der Waals surface area (Å²) < 4.78 is 5.55. The van der Waals surface area contributed by atoms with E-state index in [9.17, 15) is 9.59 Å². The number of carbonyl (C=O) groups is 2. The lowest BCUT2D eigenvalue weighted by molar-refractivity contribution is -0.129. The summed E-state index contributed by atoms with van der Waals surface area (Å²) in [6.45, 7) is 4.61. The molecule has 0 radical (unpaired) electrons. The van der Waals surface area contributed by atoms with Crippen LogP contribution in [0.2, 0.25) is 0 Å². The second-order valence-electron chi connectivity index (χ2n) is 6.76. The summed E-state index contributed by atoms with van der Waals surface area (Å²) in [6, 6.07) is 13.1. The van der Waals surface area contributed by atoms with Gasteiger partial charge in [0, 0.05) is 22.8 Å². The molecule has 2 amide bonds. The maximum absolute atomic E-state index is 12.8. The molecule has 28 heavy (non-hydrogen) atoms. The third-order valence-corrected chi connectivity index (χ3v) is 5.62. The van der Waals surface area contributed by atoms with Gasteiger partial charge in [-0.1, -0.05) is 25.1 Å². The Balaban J connectivity index is 1.73. The zero-order valence-electron chi connectivity index (χ0n) is 16.3. The van der Waals surface area contributed by atoms with E-state index >= 15 is 0 Å². The van der Waals surface area contributed by atoms with Crippen LogP contribution >= 0.6 is 11.8 Å². The lowest BCUT2D eigenvalue weighted by Gasteiger charge is -2.22. The Labute approximate surface area is 170 Å². The van der Waals surface area contributed by atoms with Crippen LogP contribution in [0.4, 0.5) is 11.4 Å². The van der Waals surface area contributed by atoms with E-state index in [1.54, 1.807) is 23.9 Å². The fourth-order valence-corrected chi connectivity index (χ4v) is 3.86. The topological polar surface area (TPSA) is 67.4 Å². The van der Waals surface area contributed by atoms with Crippen LogP contribution in [0.15, 0.2) is 47.4 Å². The molecule has 1 heterocycles. The fourth-order valence-electron chi connectivity index (χ4n) is 3.10. The molecular formula is C22H26N2O3S. The van der Waals surface area contributed by atoms with Crippen LogP contribution in [0.1, 0.15) is 42.1 Å². The quantitative estimate of drug-likeness (QED) is 0.682. The molecule has 5 nitrogen and oxygen atoms in total. The molecule has 1 saturated heterocycles. The number of carbonyl (C=O) groups excluding carboxylic acids is 2. The summed E-state index contributed by atoms with van der Waals surface area (Å²) in [5.74, 6) is 0.579. The van der Waals surface area contributed by atoms with E-state index in [-0.39, 0.29) is 11.8 Å². The van der Waals surface area contributed by atoms with E-state index in [0.29, 0.717) is 17.9 Å². The van der Waals surface area contributed by atoms with Gasteiger partial charge in [0.1, 0.15) is 6.10 Å². The molecule has 148 valence electrons. The van der Waals surface area contributed by atoms with E-state index in [0.717, 1.165) is 41.2 Å². The first kappa shape index (κ1) is 20.4. The van der Waals surface area contributed by atoms with Crippen LogP contribution < -0.4 is 10.6 Å². The number of anilines is 2. The molecule has 1 aliphatic heterocycles. The largest absolute Gasteiger partial charge is 0.368 e. The number of nitrogens with one attached hydrogen (secondary N) is 2. The standard InChI is InChI=1S/C22H26N2O3S/c1-3-28-20-10-5-4-8-17(20)23-21(25)16-12-11-15(2)18(14-16)24-22(26)19-9-6-7-13-27-19/h4-5,8,10-12,14,19H,3,6-7,9,13H2,1-2H3,(H,23,25)(H,24,26). The highest BCUT2D eigenvalue weighted by molar-refractivity contribution is 7.99. The van der Waals surface area contributed by atoms with Gasteiger partial charge in [0.2, 0.25) is 0 Å². The lowest BCUT2D eigenvalue weighted by atomic mass is 10.1. The summed E-state index contributed by atoms with van der Waals surface area (Å²) in [7, 11) is 0. The molecule has 2 N–H and O–H groups in total. The molecule has 6 heteroatoms. The van der Waals surface area contributed by atoms with Gasteiger partial charge >= 0.3 is 0 Å².